The normalized spacial score (nSPS) is 14.8. The predicted octanol–water partition coefficient (Wildman–Crippen LogP) is 3.62. The van der Waals surface area contributed by atoms with Crippen LogP contribution in [0.25, 0.3) is 6.08 Å². The van der Waals surface area contributed by atoms with E-state index in [0.29, 0.717) is 35.6 Å². The van der Waals surface area contributed by atoms with Crippen LogP contribution in [0.5, 0.6) is 0 Å². The number of carbonyl (C=O) groups is 1. The van der Waals surface area contributed by atoms with E-state index < -0.39 is 5.91 Å². The van der Waals surface area contributed by atoms with Gasteiger partial charge in [-0.05, 0) is 30.7 Å². The number of nitriles is 1. The van der Waals surface area contributed by atoms with Crippen molar-refractivity contribution >= 4 is 35.2 Å². The Morgan fingerprint density at radius 3 is 2.81 bits per heavy atom. The number of furan rings is 1. The highest BCUT2D eigenvalue weighted by molar-refractivity contribution is 6.31. The van der Waals surface area contributed by atoms with Crippen LogP contribution in [0.3, 0.4) is 0 Å². The topological polar surface area (TPSA) is 78.5 Å². The predicted molar refractivity (Wildman–Crippen MR) is 100 cm³/mol. The molecule has 1 fully saturated rings. The molecule has 0 bridgehead atoms. The molecule has 1 amide bonds. The first-order chi connectivity index (χ1) is 12.6. The number of nitrogens with zero attached hydrogens (tertiary/aromatic N) is 2. The highest BCUT2D eigenvalue weighted by Crippen LogP contribution is 2.24. The van der Waals surface area contributed by atoms with Gasteiger partial charge < -0.3 is 19.4 Å². The Kier molecular flexibility index (Phi) is 5.61. The van der Waals surface area contributed by atoms with Gasteiger partial charge in [0.1, 0.15) is 17.4 Å². The van der Waals surface area contributed by atoms with E-state index >= 15 is 0 Å². The summed E-state index contributed by atoms with van der Waals surface area (Å²) in [4.78, 5) is 14.5. The average Bonchev–Trinajstić information content (AvgIpc) is 3.13. The van der Waals surface area contributed by atoms with Gasteiger partial charge in [-0.3, -0.25) is 4.79 Å². The fourth-order valence-electron chi connectivity index (χ4n) is 2.60. The van der Waals surface area contributed by atoms with Crippen molar-refractivity contribution in [2.45, 2.75) is 6.92 Å². The molecule has 2 aromatic rings. The Labute approximate surface area is 156 Å². The summed E-state index contributed by atoms with van der Waals surface area (Å²) in [6, 6.07) is 10.7. The maximum Gasteiger partial charge on any atom is 0.266 e. The molecule has 6 nitrogen and oxygen atoms in total. The first kappa shape index (κ1) is 18.1. The second-order valence-corrected chi connectivity index (χ2v) is 6.22. The minimum atomic E-state index is -0.512. The fraction of sp³-hybridized carbons (Fsp3) is 0.263. The monoisotopic (exact) mass is 371 g/mol. The van der Waals surface area contributed by atoms with Crippen LogP contribution in [0.15, 0.2) is 40.3 Å². The number of nitrogens with one attached hydrogen (secondary N) is 1. The SMILES string of the molecule is Cc1c(Cl)cccc1NC(=O)/C(C#N)=C\c1ccc(N2CCOCC2)o1. The Balaban J connectivity index is 1.75. The van der Waals surface area contributed by atoms with Crippen molar-refractivity contribution in [2.24, 2.45) is 0 Å². The quantitative estimate of drug-likeness (QED) is 0.656. The zero-order valence-electron chi connectivity index (χ0n) is 14.3. The summed E-state index contributed by atoms with van der Waals surface area (Å²) in [6.45, 7) is 4.59. The number of amides is 1. The van der Waals surface area contributed by atoms with Crippen LogP contribution < -0.4 is 10.2 Å². The maximum atomic E-state index is 12.4. The van der Waals surface area contributed by atoms with Crippen LogP contribution in [0.2, 0.25) is 5.02 Å². The third-order valence-electron chi connectivity index (χ3n) is 4.10. The minimum Gasteiger partial charge on any atom is -0.441 e. The van der Waals surface area contributed by atoms with Gasteiger partial charge in [-0.2, -0.15) is 5.26 Å². The lowest BCUT2D eigenvalue weighted by molar-refractivity contribution is -0.112. The van der Waals surface area contributed by atoms with Crippen molar-refractivity contribution in [1.29, 1.82) is 5.26 Å². The number of ether oxygens (including phenoxy) is 1. The van der Waals surface area contributed by atoms with Gasteiger partial charge in [0.2, 0.25) is 0 Å². The van der Waals surface area contributed by atoms with Gasteiger partial charge in [0, 0.05) is 35.9 Å². The minimum absolute atomic E-state index is 0.0488. The van der Waals surface area contributed by atoms with Gasteiger partial charge in [-0.1, -0.05) is 17.7 Å². The molecule has 1 N–H and O–H groups in total. The first-order valence-corrected chi connectivity index (χ1v) is 8.57. The van der Waals surface area contributed by atoms with Crippen LogP contribution in [-0.4, -0.2) is 32.2 Å². The lowest BCUT2D eigenvalue weighted by Crippen LogP contribution is -2.35. The zero-order valence-corrected chi connectivity index (χ0v) is 15.0. The van der Waals surface area contributed by atoms with Crippen LogP contribution in [0.1, 0.15) is 11.3 Å². The van der Waals surface area contributed by atoms with Crippen LogP contribution >= 0.6 is 11.6 Å². The molecule has 0 spiro atoms. The van der Waals surface area contributed by atoms with Crippen LogP contribution in [0.4, 0.5) is 11.6 Å². The summed E-state index contributed by atoms with van der Waals surface area (Å²) in [5.74, 6) is 0.631. The second kappa shape index (κ2) is 8.09. The highest BCUT2D eigenvalue weighted by atomic mass is 35.5. The summed E-state index contributed by atoms with van der Waals surface area (Å²) in [6.07, 6.45) is 1.43. The van der Waals surface area contributed by atoms with E-state index in [1.807, 2.05) is 12.1 Å². The highest BCUT2D eigenvalue weighted by Gasteiger charge is 2.16. The van der Waals surface area contributed by atoms with E-state index in [1.54, 1.807) is 31.2 Å². The third kappa shape index (κ3) is 4.07. The van der Waals surface area contributed by atoms with Crippen LogP contribution in [0, 0.1) is 18.3 Å². The molecule has 1 aromatic heterocycles. The standard InChI is InChI=1S/C19H18ClN3O3/c1-13-16(20)3-2-4-17(13)22-19(24)14(12-21)11-15-5-6-18(26-15)23-7-9-25-10-8-23/h2-6,11H,7-10H2,1H3,(H,22,24)/b14-11-. The fourth-order valence-corrected chi connectivity index (χ4v) is 2.77. The zero-order chi connectivity index (χ0) is 18.5. The number of hydrogen-bond acceptors (Lipinski definition) is 5. The third-order valence-corrected chi connectivity index (χ3v) is 4.51. The molecule has 3 rings (SSSR count). The van der Waals surface area contributed by atoms with Crippen molar-refractivity contribution < 1.29 is 13.9 Å². The first-order valence-electron chi connectivity index (χ1n) is 8.19. The van der Waals surface area contributed by atoms with E-state index in [1.165, 1.54) is 6.08 Å². The Morgan fingerprint density at radius 2 is 2.08 bits per heavy atom. The summed E-state index contributed by atoms with van der Waals surface area (Å²) >= 11 is 6.06. The maximum absolute atomic E-state index is 12.4. The number of carbonyl (C=O) groups excluding carboxylic acids is 1. The van der Waals surface area contributed by atoms with E-state index in [0.717, 1.165) is 18.7 Å². The van der Waals surface area contributed by atoms with Crippen LogP contribution in [-0.2, 0) is 9.53 Å². The molecule has 26 heavy (non-hydrogen) atoms. The van der Waals surface area contributed by atoms with Crippen molar-refractivity contribution in [3.63, 3.8) is 0 Å². The molecule has 2 heterocycles. The summed E-state index contributed by atoms with van der Waals surface area (Å²) in [5, 5.41) is 12.6. The Bertz CT molecular complexity index is 876. The number of halogens is 1. The van der Waals surface area contributed by atoms with Gasteiger partial charge in [0.25, 0.3) is 5.91 Å². The number of hydrogen-bond donors (Lipinski definition) is 1. The second-order valence-electron chi connectivity index (χ2n) is 5.81. The van der Waals surface area contributed by atoms with Gasteiger partial charge in [-0.15, -0.1) is 0 Å². The molecule has 1 aliphatic heterocycles. The van der Waals surface area contributed by atoms with Gasteiger partial charge in [0.15, 0.2) is 5.88 Å². The van der Waals surface area contributed by atoms with Gasteiger partial charge in [0.05, 0.1) is 13.2 Å². The summed E-state index contributed by atoms with van der Waals surface area (Å²) in [5.41, 5.74) is 1.26. The lowest BCUT2D eigenvalue weighted by Gasteiger charge is -2.26. The Hall–Kier alpha value is -2.75. The molecule has 134 valence electrons. The van der Waals surface area contributed by atoms with E-state index in [4.69, 9.17) is 20.8 Å². The largest absolute Gasteiger partial charge is 0.441 e. The summed E-state index contributed by atoms with van der Waals surface area (Å²) < 4.78 is 11.1. The molecule has 7 heteroatoms. The number of anilines is 2. The lowest BCUT2D eigenvalue weighted by atomic mass is 10.1. The van der Waals surface area contributed by atoms with Crippen molar-refractivity contribution in [1.82, 2.24) is 0 Å². The molecule has 0 radical (unpaired) electrons. The molecule has 0 aliphatic carbocycles. The molecule has 0 atom stereocenters. The summed E-state index contributed by atoms with van der Waals surface area (Å²) in [7, 11) is 0. The van der Waals surface area contributed by atoms with Crippen molar-refractivity contribution in [3.8, 4) is 6.07 Å². The van der Waals surface area contributed by atoms with Crippen molar-refractivity contribution in [3.05, 3.63) is 52.3 Å². The molecule has 1 aromatic carbocycles. The molecular formula is C19H18ClN3O3. The van der Waals surface area contributed by atoms with Gasteiger partial charge in [-0.25, -0.2) is 0 Å². The number of rotatable bonds is 4. The van der Waals surface area contributed by atoms with E-state index in [-0.39, 0.29) is 5.57 Å². The molecule has 0 unspecified atom stereocenters. The van der Waals surface area contributed by atoms with E-state index in [9.17, 15) is 10.1 Å². The number of benzene rings is 1. The molecule has 1 aliphatic rings. The molecular weight excluding hydrogens is 354 g/mol. The van der Waals surface area contributed by atoms with E-state index in [2.05, 4.69) is 10.2 Å². The Morgan fingerprint density at radius 1 is 1.31 bits per heavy atom. The van der Waals surface area contributed by atoms with Crippen molar-refractivity contribution in [2.75, 3.05) is 36.5 Å². The number of morpholine rings is 1. The average molecular weight is 372 g/mol. The smallest absolute Gasteiger partial charge is 0.266 e. The molecule has 0 saturated carbocycles. The molecule has 1 saturated heterocycles. The van der Waals surface area contributed by atoms with Gasteiger partial charge >= 0.3 is 0 Å².